The molecule has 3 rings (SSSR count). The van der Waals surface area contributed by atoms with Gasteiger partial charge in [0.1, 0.15) is 5.75 Å². The molecule has 2 aromatic rings. The molecule has 2 atom stereocenters. The number of benzene rings is 2. The van der Waals surface area contributed by atoms with Crippen LogP contribution < -0.4 is 15.8 Å². The molecule has 5 nitrogen and oxygen atoms in total. The zero-order valence-electron chi connectivity index (χ0n) is 17.7. The minimum Gasteiger partial charge on any atom is -0.426 e. The molecule has 1 fully saturated rings. The van der Waals surface area contributed by atoms with Crippen LogP contribution in [0.1, 0.15) is 39.5 Å². The molecule has 29 heavy (non-hydrogen) atoms. The van der Waals surface area contributed by atoms with E-state index in [1.54, 1.807) is 24.3 Å². The van der Waals surface area contributed by atoms with E-state index in [2.05, 4.69) is 11.1 Å². The van der Waals surface area contributed by atoms with Gasteiger partial charge in [-0.2, -0.15) is 0 Å². The Labute approximate surface area is 177 Å². The molecule has 1 aliphatic rings. The summed E-state index contributed by atoms with van der Waals surface area (Å²) < 4.78 is 17.8. The van der Waals surface area contributed by atoms with Gasteiger partial charge in [0.2, 0.25) is 0 Å². The summed E-state index contributed by atoms with van der Waals surface area (Å²) in [7, 11) is 0.224. The third-order valence-electron chi connectivity index (χ3n) is 4.38. The molecule has 0 aliphatic carbocycles. The van der Waals surface area contributed by atoms with Gasteiger partial charge in [-0.05, 0) is 69.2 Å². The lowest BCUT2D eigenvalue weighted by molar-refractivity contribution is -0.135. The maximum absolute atomic E-state index is 12.5. The second-order valence-corrected chi connectivity index (χ2v) is 8.19. The van der Waals surface area contributed by atoms with Gasteiger partial charge in [0, 0.05) is 16.2 Å². The molecule has 160 valence electrons. The van der Waals surface area contributed by atoms with E-state index in [1.807, 2.05) is 44.2 Å². The standard InChI is InChI=1S/C18H20O3S.C4H9N.CH5N/c1-3-14(2)12-18(19)21-15-8-7-11-17(13-15)22(20)16-9-5-4-6-10-16;1-2-4-5-3-1;1-2/h4-11,13-14H,3,12H2,1-2H3;5H,1-4H2;2H2,1H3. The molecular weight excluding hydrogens is 384 g/mol. The molecule has 0 amide bonds. The second kappa shape index (κ2) is 14.9. The molecule has 1 saturated heterocycles. The quantitative estimate of drug-likeness (QED) is 0.544. The van der Waals surface area contributed by atoms with Gasteiger partial charge in [0.05, 0.1) is 10.8 Å². The van der Waals surface area contributed by atoms with Crippen LogP contribution in [-0.2, 0) is 15.6 Å². The van der Waals surface area contributed by atoms with Crippen LogP contribution in [0.25, 0.3) is 0 Å². The van der Waals surface area contributed by atoms with Crippen LogP contribution in [0.3, 0.4) is 0 Å². The van der Waals surface area contributed by atoms with Crippen molar-refractivity contribution in [2.45, 2.75) is 49.3 Å². The van der Waals surface area contributed by atoms with Crippen molar-refractivity contribution in [2.24, 2.45) is 11.7 Å². The third-order valence-corrected chi connectivity index (χ3v) is 5.76. The first-order valence-corrected chi connectivity index (χ1v) is 11.3. The lowest BCUT2D eigenvalue weighted by Crippen LogP contribution is -2.12. The first-order valence-electron chi connectivity index (χ1n) is 10.2. The average molecular weight is 419 g/mol. The summed E-state index contributed by atoms with van der Waals surface area (Å²) in [6.07, 6.45) is 4.11. The zero-order chi connectivity index (χ0) is 21.5. The summed E-state index contributed by atoms with van der Waals surface area (Å²) in [5, 5.41) is 3.22. The minimum atomic E-state index is -1.28. The van der Waals surface area contributed by atoms with Crippen LogP contribution in [0, 0.1) is 5.92 Å². The van der Waals surface area contributed by atoms with Crippen LogP contribution >= 0.6 is 0 Å². The van der Waals surface area contributed by atoms with Crippen molar-refractivity contribution in [3.05, 3.63) is 54.6 Å². The molecule has 3 N–H and O–H groups in total. The summed E-state index contributed by atoms with van der Waals surface area (Å²) in [6, 6.07) is 16.1. The molecule has 1 aliphatic heterocycles. The van der Waals surface area contributed by atoms with Crippen molar-refractivity contribution in [1.82, 2.24) is 5.32 Å². The van der Waals surface area contributed by atoms with Crippen LogP contribution in [-0.4, -0.2) is 30.3 Å². The number of rotatable bonds is 6. The first kappa shape index (κ1) is 25.0. The highest BCUT2D eigenvalue weighted by Crippen LogP contribution is 2.21. The maximum Gasteiger partial charge on any atom is 0.311 e. The number of esters is 1. The van der Waals surface area contributed by atoms with Crippen molar-refractivity contribution in [3.8, 4) is 5.75 Å². The zero-order valence-corrected chi connectivity index (χ0v) is 18.5. The van der Waals surface area contributed by atoms with E-state index in [0.29, 0.717) is 23.0 Å². The summed E-state index contributed by atoms with van der Waals surface area (Å²) in [5.74, 6) is 0.487. The molecule has 0 bridgehead atoms. The predicted octanol–water partition coefficient (Wildman–Crippen LogP) is 4.14. The molecular formula is C23H34N2O3S. The van der Waals surface area contributed by atoms with Gasteiger partial charge in [-0.1, -0.05) is 44.5 Å². The highest BCUT2D eigenvalue weighted by molar-refractivity contribution is 7.85. The maximum atomic E-state index is 12.5. The van der Waals surface area contributed by atoms with Crippen LogP contribution in [0.4, 0.5) is 0 Å². The largest absolute Gasteiger partial charge is 0.426 e. The van der Waals surface area contributed by atoms with Crippen molar-refractivity contribution >= 4 is 16.8 Å². The predicted molar refractivity (Wildman–Crippen MR) is 119 cm³/mol. The molecule has 0 aromatic heterocycles. The molecule has 0 saturated carbocycles. The number of nitrogens with one attached hydrogen (secondary N) is 1. The van der Waals surface area contributed by atoms with E-state index in [1.165, 1.54) is 33.0 Å². The van der Waals surface area contributed by atoms with Crippen LogP contribution in [0.15, 0.2) is 64.4 Å². The summed E-state index contributed by atoms with van der Waals surface area (Å²) >= 11 is 0. The van der Waals surface area contributed by atoms with Gasteiger partial charge >= 0.3 is 5.97 Å². The van der Waals surface area contributed by atoms with Gasteiger partial charge in [-0.25, -0.2) is 4.21 Å². The minimum absolute atomic E-state index is 0.253. The summed E-state index contributed by atoms with van der Waals surface area (Å²) in [6.45, 7) is 6.56. The summed E-state index contributed by atoms with van der Waals surface area (Å²) in [5.41, 5.74) is 4.50. The number of hydrogen-bond acceptors (Lipinski definition) is 5. The Morgan fingerprint density at radius 3 is 2.24 bits per heavy atom. The second-order valence-electron chi connectivity index (χ2n) is 6.71. The Balaban J connectivity index is 0.000000512. The van der Waals surface area contributed by atoms with Gasteiger partial charge in [0.25, 0.3) is 0 Å². The van der Waals surface area contributed by atoms with Gasteiger partial charge < -0.3 is 15.8 Å². The fourth-order valence-corrected chi connectivity index (χ4v) is 3.66. The van der Waals surface area contributed by atoms with Gasteiger partial charge in [-0.15, -0.1) is 0 Å². The van der Waals surface area contributed by atoms with Crippen molar-refractivity contribution < 1.29 is 13.7 Å². The first-order chi connectivity index (χ1) is 14.1. The molecule has 0 spiro atoms. The Morgan fingerprint density at radius 2 is 1.69 bits per heavy atom. The highest BCUT2D eigenvalue weighted by Gasteiger charge is 2.12. The van der Waals surface area contributed by atoms with Crippen LogP contribution in [0.2, 0.25) is 0 Å². The van der Waals surface area contributed by atoms with E-state index in [9.17, 15) is 9.00 Å². The molecule has 6 heteroatoms. The lowest BCUT2D eigenvalue weighted by atomic mass is 10.1. The fourth-order valence-electron chi connectivity index (χ4n) is 2.56. The number of nitrogens with two attached hydrogens (primary N) is 1. The van der Waals surface area contributed by atoms with E-state index in [0.717, 1.165) is 11.3 Å². The average Bonchev–Trinajstić information content (AvgIpc) is 3.35. The SMILES string of the molecule is C1CCNC1.CCC(C)CC(=O)Oc1cccc(S(=O)c2ccccc2)c1.CN. The van der Waals surface area contributed by atoms with Gasteiger partial charge in [-0.3, -0.25) is 4.79 Å². The lowest BCUT2D eigenvalue weighted by Gasteiger charge is -2.09. The molecule has 2 aromatic carbocycles. The van der Waals surface area contributed by atoms with E-state index in [4.69, 9.17) is 4.74 Å². The van der Waals surface area contributed by atoms with Crippen molar-refractivity contribution in [1.29, 1.82) is 0 Å². The number of carbonyl (C=O) groups excluding carboxylic acids is 1. The van der Waals surface area contributed by atoms with Crippen molar-refractivity contribution in [2.75, 3.05) is 20.1 Å². The topological polar surface area (TPSA) is 81.4 Å². The smallest absolute Gasteiger partial charge is 0.311 e. The Bertz CT molecular complexity index is 726. The van der Waals surface area contributed by atoms with Gasteiger partial charge in [0.15, 0.2) is 0 Å². The van der Waals surface area contributed by atoms with E-state index in [-0.39, 0.29) is 5.97 Å². The number of ether oxygens (including phenoxy) is 1. The Morgan fingerprint density at radius 1 is 1.07 bits per heavy atom. The Kier molecular flexibility index (Phi) is 12.9. The number of carbonyl (C=O) groups is 1. The Hall–Kier alpha value is -2.02. The monoisotopic (exact) mass is 418 g/mol. The molecule has 0 radical (unpaired) electrons. The summed E-state index contributed by atoms with van der Waals surface area (Å²) in [4.78, 5) is 13.2. The third kappa shape index (κ3) is 9.83. The molecule has 2 unspecified atom stereocenters. The fraction of sp³-hybridized carbons (Fsp3) is 0.435. The van der Waals surface area contributed by atoms with E-state index >= 15 is 0 Å². The van der Waals surface area contributed by atoms with E-state index < -0.39 is 10.8 Å². The normalized spacial score (nSPS) is 14.5. The van der Waals surface area contributed by atoms with Crippen LogP contribution in [0.5, 0.6) is 5.75 Å². The van der Waals surface area contributed by atoms with Crippen molar-refractivity contribution in [3.63, 3.8) is 0 Å². The number of hydrogen-bond donors (Lipinski definition) is 2. The highest BCUT2D eigenvalue weighted by atomic mass is 32.2. The molecule has 1 heterocycles.